The van der Waals surface area contributed by atoms with E-state index in [2.05, 4.69) is 5.32 Å². The van der Waals surface area contributed by atoms with Gasteiger partial charge in [0.1, 0.15) is 0 Å². The minimum absolute atomic E-state index is 0.0850. The van der Waals surface area contributed by atoms with E-state index in [0.717, 1.165) is 18.2 Å². The monoisotopic (exact) mass is 462 g/mol. The number of carbonyl (C=O) groups excluding carboxylic acids is 2. The third kappa shape index (κ3) is 6.34. The third-order valence-corrected chi connectivity index (χ3v) is 4.79. The Labute approximate surface area is 188 Å². The molecule has 176 valence electrons. The van der Waals surface area contributed by atoms with Crippen molar-refractivity contribution in [3.8, 4) is 17.2 Å². The number of hydrogen-bond donors (Lipinski definition) is 4. The topological polar surface area (TPSA) is 136 Å². The number of carbonyl (C=O) groups is 2. The van der Waals surface area contributed by atoms with E-state index in [0.29, 0.717) is 23.6 Å². The highest BCUT2D eigenvalue weighted by atomic mass is 19.1. The molecule has 10 nitrogen and oxygen atoms in total. The summed E-state index contributed by atoms with van der Waals surface area (Å²) in [4.78, 5) is 23.7. The lowest BCUT2D eigenvalue weighted by atomic mass is 10.00. The molecule has 0 saturated carbocycles. The summed E-state index contributed by atoms with van der Waals surface area (Å²) in [6.07, 6.45) is 0.655. The van der Waals surface area contributed by atoms with Crippen molar-refractivity contribution in [1.29, 1.82) is 0 Å². The quantitative estimate of drug-likeness (QED) is 0.253. The normalized spacial score (nSPS) is 14.0. The van der Waals surface area contributed by atoms with Gasteiger partial charge in [-0.25, -0.2) is 14.7 Å². The molecule has 4 N–H and O–H groups in total. The first-order valence-corrected chi connectivity index (χ1v) is 9.90. The Balaban J connectivity index is 1.75. The van der Waals surface area contributed by atoms with Crippen molar-refractivity contribution >= 4 is 17.7 Å². The van der Waals surface area contributed by atoms with E-state index in [1.54, 1.807) is 18.2 Å². The van der Waals surface area contributed by atoms with Crippen molar-refractivity contribution in [1.82, 2.24) is 5.48 Å². The summed E-state index contributed by atoms with van der Waals surface area (Å²) in [5.41, 5.74) is 2.13. The number of hydrogen-bond acceptors (Lipinski definition) is 8. The maximum Gasteiger partial charge on any atom is 0.412 e. The van der Waals surface area contributed by atoms with Crippen LogP contribution in [0.2, 0.25) is 0 Å². The number of allylic oxidation sites excluding steroid dienone is 1. The standard InChI is InChI=1S/C22H23FN2O8/c1-30-18(4-2-3-5-20(27)25-29)21(13-6-8-16(26)15(23)10-13)33-22(28)24-14-7-9-17-19(11-14)32-12-31-17/h3,5-11,18,21,26,29H,2,4,12H2,1H3,(H,24,28)(H,25,27)/b5-3+/t18-,21-/m1/s1. The van der Waals surface area contributed by atoms with Crippen LogP contribution in [0.1, 0.15) is 24.5 Å². The number of phenolic OH excluding ortho intramolecular Hbond substituents is 1. The number of aromatic hydroxyl groups is 1. The first-order valence-electron chi connectivity index (χ1n) is 9.90. The third-order valence-electron chi connectivity index (χ3n) is 4.79. The average molecular weight is 462 g/mol. The number of ether oxygens (including phenoxy) is 4. The maximum absolute atomic E-state index is 14.0. The number of anilines is 1. The first-order chi connectivity index (χ1) is 15.9. The van der Waals surface area contributed by atoms with Crippen molar-refractivity contribution < 1.29 is 43.2 Å². The van der Waals surface area contributed by atoms with Crippen LogP contribution in [0, 0.1) is 5.82 Å². The Hall–Kier alpha value is -3.83. The second-order valence-electron chi connectivity index (χ2n) is 6.96. The van der Waals surface area contributed by atoms with Crippen molar-refractivity contribution in [3.05, 3.63) is 59.9 Å². The SMILES string of the molecule is CO[C@H](CC/C=C/C(=O)NO)[C@H](OC(=O)Nc1ccc2c(c1)OCO2)c1ccc(O)c(F)c1. The molecule has 2 amide bonds. The number of benzene rings is 2. The maximum atomic E-state index is 14.0. The van der Waals surface area contributed by atoms with Gasteiger partial charge in [-0.2, -0.15) is 0 Å². The van der Waals surface area contributed by atoms with E-state index in [1.807, 2.05) is 0 Å². The second kappa shape index (κ2) is 11.2. The van der Waals surface area contributed by atoms with Crippen LogP contribution in [-0.4, -0.2) is 42.3 Å². The van der Waals surface area contributed by atoms with Crippen LogP contribution < -0.4 is 20.3 Å². The summed E-state index contributed by atoms with van der Waals surface area (Å²) in [7, 11) is 1.40. The van der Waals surface area contributed by atoms with Gasteiger partial charge in [-0.1, -0.05) is 12.1 Å². The zero-order chi connectivity index (χ0) is 23.8. The van der Waals surface area contributed by atoms with Gasteiger partial charge >= 0.3 is 6.09 Å². The molecule has 0 aromatic heterocycles. The molecule has 3 rings (SSSR count). The Morgan fingerprint density at radius 3 is 2.73 bits per heavy atom. The fourth-order valence-electron chi connectivity index (χ4n) is 3.18. The van der Waals surface area contributed by atoms with Crippen molar-refractivity contribution in [3.63, 3.8) is 0 Å². The Morgan fingerprint density at radius 2 is 2.00 bits per heavy atom. The molecule has 1 aliphatic rings. The van der Waals surface area contributed by atoms with E-state index in [1.165, 1.54) is 24.7 Å². The molecule has 0 bridgehead atoms. The predicted molar refractivity (Wildman–Crippen MR) is 113 cm³/mol. The largest absolute Gasteiger partial charge is 0.505 e. The highest BCUT2D eigenvalue weighted by Crippen LogP contribution is 2.35. The minimum Gasteiger partial charge on any atom is -0.505 e. The van der Waals surface area contributed by atoms with E-state index < -0.39 is 35.8 Å². The Bertz CT molecular complexity index is 1030. The molecule has 2 aromatic carbocycles. The number of amides is 2. The van der Waals surface area contributed by atoms with Crippen LogP contribution >= 0.6 is 0 Å². The highest BCUT2D eigenvalue weighted by Gasteiger charge is 2.28. The molecular formula is C22H23FN2O8. The summed E-state index contributed by atoms with van der Waals surface area (Å²) in [5, 5.41) is 20.6. The summed E-state index contributed by atoms with van der Waals surface area (Å²) in [6.45, 7) is 0.0850. The van der Waals surface area contributed by atoms with Gasteiger partial charge in [-0.3, -0.25) is 15.3 Å². The summed E-state index contributed by atoms with van der Waals surface area (Å²) in [5.74, 6) is -1.10. The van der Waals surface area contributed by atoms with Gasteiger partial charge in [-0.05, 0) is 42.7 Å². The zero-order valence-corrected chi connectivity index (χ0v) is 17.6. The first kappa shape index (κ1) is 23.8. The van der Waals surface area contributed by atoms with E-state index >= 15 is 0 Å². The fourth-order valence-corrected chi connectivity index (χ4v) is 3.18. The van der Waals surface area contributed by atoms with Gasteiger partial charge in [0.25, 0.3) is 5.91 Å². The molecule has 1 heterocycles. The van der Waals surface area contributed by atoms with Crippen LogP contribution in [0.15, 0.2) is 48.6 Å². The molecule has 0 aliphatic carbocycles. The molecule has 1 aliphatic heterocycles. The lowest BCUT2D eigenvalue weighted by Gasteiger charge is -2.26. The summed E-state index contributed by atoms with van der Waals surface area (Å²) < 4.78 is 35.6. The molecule has 2 atom stereocenters. The van der Waals surface area contributed by atoms with Gasteiger partial charge in [-0.15, -0.1) is 0 Å². The van der Waals surface area contributed by atoms with E-state index in [-0.39, 0.29) is 18.8 Å². The van der Waals surface area contributed by atoms with Crippen LogP contribution in [0.5, 0.6) is 17.2 Å². The molecule has 33 heavy (non-hydrogen) atoms. The van der Waals surface area contributed by atoms with Crippen LogP contribution in [0.4, 0.5) is 14.9 Å². The number of rotatable bonds is 9. The molecule has 0 spiro atoms. The van der Waals surface area contributed by atoms with Crippen molar-refractivity contribution in [2.45, 2.75) is 25.0 Å². The van der Waals surface area contributed by atoms with Gasteiger partial charge in [0.2, 0.25) is 6.79 Å². The van der Waals surface area contributed by atoms with Crippen LogP contribution in [0.3, 0.4) is 0 Å². The Morgan fingerprint density at radius 1 is 1.21 bits per heavy atom. The van der Waals surface area contributed by atoms with Gasteiger partial charge in [0.15, 0.2) is 29.2 Å². The number of hydroxylamine groups is 1. The smallest absolute Gasteiger partial charge is 0.412 e. The van der Waals surface area contributed by atoms with Gasteiger partial charge in [0, 0.05) is 24.9 Å². The van der Waals surface area contributed by atoms with E-state index in [4.69, 9.17) is 24.2 Å². The zero-order valence-electron chi connectivity index (χ0n) is 17.6. The van der Waals surface area contributed by atoms with Crippen LogP contribution in [-0.2, 0) is 14.3 Å². The van der Waals surface area contributed by atoms with Crippen molar-refractivity contribution in [2.75, 3.05) is 19.2 Å². The molecule has 11 heteroatoms. The molecule has 0 fully saturated rings. The second-order valence-corrected chi connectivity index (χ2v) is 6.96. The van der Waals surface area contributed by atoms with Crippen LogP contribution in [0.25, 0.3) is 0 Å². The number of phenols is 1. The fraction of sp³-hybridized carbons (Fsp3) is 0.273. The van der Waals surface area contributed by atoms with Gasteiger partial charge in [0.05, 0.1) is 6.10 Å². The molecular weight excluding hydrogens is 439 g/mol. The van der Waals surface area contributed by atoms with Gasteiger partial charge < -0.3 is 24.1 Å². The lowest BCUT2D eigenvalue weighted by molar-refractivity contribution is -0.124. The molecule has 2 aromatic rings. The van der Waals surface area contributed by atoms with Crippen molar-refractivity contribution in [2.24, 2.45) is 0 Å². The number of methoxy groups -OCH3 is 1. The average Bonchev–Trinajstić information content (AvgIpc) is 3.27. The number of nitrogens with one attached hydrogen (secondary N) is 2. The summed E-state index contributed by atoms with van der Waals surface area (Å²) in [6, 6.07) is 8.43. The highest BCUT2D eigenvalue weighted by molar-refractivity contribution is 5.86. The number of fused-ring (bicyclic) bond motifs is 1. The van der Waals surface area contributed by atoms with E-state index in [9.17, 15) is 19.1 Å². The Kier molecular flexibility index (Phi) is 8.06. The molecule has 0 unspecified atom stereocenters. The molecule has 0 radical (unpaired) electrons. The summed E-state index contributed by atoms with van der Waals surface area (Å²) >= 11 is 0. The minimum atomic E-state index is -1.04. The molecule has 0 saturated heterocycles. The lowest BCUT2D eigenvalue weighted by Crippen LogP contribution is -2.28. The number of halogens is 1. The predicted octanol–water partition coefficient (Wildman–Crippen LogP) is 3.41.